The number of pyridine rings is 2. The van der Waals surface area contributed by atoms with E-state index in [9.17, 15) is 0 Å². The van der Waals surface area contributed by atoms with Crippen LogP contribution in [0, 0.1) is 0 Å². The second kappa shape index (κ2) is 9.82. The number of fused-ring (bicyclic) bond motifs is 1. The number of nitrogens with zero attached hydrogens (tertiary/aromatic N) is 4. The van der Waals surface area contributed by atoms with Crippen molar-refractivity contribution in [3.63, 3.8) is 0 Å². The summed E-state index contributed by atoms with van der Waals surface area (Å²) in [6.45, 7) is 8.35. The molecule has 0 unspecified atom stereocenters. The summed E-state index contributed by atoms with van der Waals surface area (Å²) < 4.78 is 0. The molecule has 0 bridgehead atoms. The van der Waals surface area contributed by atoms with E-state index >= 15 is 0 Å². The van der Waals surface area contributed by atoms with Crippen LogP contribution in [-0.4, -0.2) is 54.1 Å². The molecule has 0 amide bonds. The van der Waals surface area contributed by atoms with Crippen molar-refractivity contribution >= 4 is 45.5 Å². The first-order valence-corrected chi connectivity index (χ1v) is 11.3. The van der Waals surface area contributed by atoms with Crippen LogP contribution in [0.3, 0.4) is 0 Å². The Morgan fingerprint density at radius 3 is 2.60 bits per heavy atom. The molecule has 0 radical (unpaired) electrons. The first-order chi connectivity index (χ1) is 14.7. The summed E-state index contributed by atoms with van der Waals surface area (Å²) in [7, 11) is 0. The number of nitrogens with one attached hydrogen (secondary N) is 1. The van der Waals surface area contributed by atoms with Gasteiger partial charge in [-0.15, -0.1) is 0 Å². The number of benzene rings is 1. The molecule has 5 nitrogen and oxygen atoms in total. The normalized spacial score (nSPS) is 15.0. The van der Waals surface area contributed by atoms with E-state index in [0.717, 1.165) is 74.3 Å². The van der Waals surface area contributed by atoms with Crippen molar-refractivity contribution in [2.45, 2.75) is 19.8 Å². The fourth-order valence-electron chi connectivity index (χ4n) is 4.09. The van der Waals surface area contributed by atoms with E-state index in [0.29, 0.717) is 10.2 Å². The van der Waals surface area contributed by atoms with Gasteiger partial charge < -0.3 is 10.2 Å². The molecule has 4 rings (SSSR count). The van der Waals surface area contributed by atoms with Gasteiger partial charge in [-0.2, -0.15) is 0 Å². The molecule has 2 aromatic heterocycles. The topological polar surface area (TPSA) is 44.3 Å². The van der Waals surface area contributed by atoms with Crippen LogP contribution in [0.15, 0.2) is 42.7 Å². The van der Waals surface area contributed by atoms with Gasteiger partial charge in [0.25, 0.3) is 0 Å². The first-order valence-electron chi connectivity index (χ1n) is 10.5. The lowest BCUT2D eigenvalue weighted by atomic mass is 10.1. The third-order valence-corrected chi connectivity index (χ3v) is 6.28. The minimum atomic E-state index is 0.634. The minimum Gasteiger partial charge on any atom is -0.384 e. The van der Waals surface area contributed by atoms with E-state index in [1.807, 2.05) is 36.7 Å². The molecule has 0 spiro atoms. The highest BCUT2D eigenvalue weighted by atomic mass is 35.5. The SMILES string of the molecule is CCc1c(N2CCN(CCCNc3ccnc4cc(Cl)ccc34)CC2)ccnc1Cl. The van der Waals surface area contributed by atoms with Crippen LogP contribution < -0.4 is 10.2 Å². The molecular formula is C23H27Cl2N5. The van der Waals surface area contributed by atoms with Crippen molar-refractivity contribution in [1.82, 2.24) is 14.9 Å². The molecule has 1 fully saturated rings. The molecule has 1 aliphatic rings. The summed E-state index contributed by atoms with van der Waals surface area (Å²) in [6, 6.07) is 9.97. The highest BCUT2D eigenvalue weighted by molar-refractivity contribution is 6.31. The van der Waals surface area contributed by atoms with Gasteiger partial charge in [-0.3, -0.25) is 9.88 Å². The zero-order valence-corrected chi connectivity index (χ0v) is 18.8. The van der Waals surface area contributed by atoms with Gasteiger partial charge >= 0.3 is 0 Å². The Balaban J connectivity index is 1.26. The predicted molar refractivity (Wildman–Crippen MR) is 127 cm³/mol. The van der Waals surface area contributed by atoms with Gasteiger partial charge in [0, 0.05) is 72.5 Å². The zero-order chi connectivity index (χ0) is 20.9. The van der Waals surface area contributed by atoms with Gasteiger partial charge in [-0.05, 0) is 49.7 Å². The molecule has 1 saturated heterocycles. The highest BCUT2D eigenvalue weighted by Crippen LogP contribution is 2.27. The van der Waals surface area contributed by atoms with Gasteiger partial charge in [-0.25, -0.2) is 4.98 Å². The molecule has 30 heavy (non-hydrogen) atoms. The largest absolute Gasteiger partial charge is 0.384 e. The van der Waals surface area contributed by atoms with Crippen molar-refractivity contribution in [1.29, 1.82) is 0 Å². The Morgan fingerprint density at radius 2 is 1.80 bits per heavy atom. The van der Waals surface area contributed by atoms with E-state index < -0.39 is 0 Å². The third kappa shape index (κ3) is 4.80. The second-order valence-electron chi connectivity index (χ2n) is 7.58. The number of rotatable bonds is 7. The molecule has 3 heterocycles. The van der Waals surface area contributed by atoms with Crippen molar-refractivity contribution in [3.05, 3.63) is 58.5 Å². The monoisotopic (exact) mass is 443 g/mol. The van der Waals surface area contributed by atoms with Gasteiger partial charge in [0.1, 0.15) is 5.15 Å². The molecule has 0 atom stereocenters. The average molecular weight is 444 g/mol. The van der Waals surface area contributed by atoms with Crippen LogP contribution in [0.1, 0.15) is 18.9 Å². The Hall–Kier alpha value is -2.08. The van der Waals surface area contributed by atoms with Crippen LogP contribution >= 0.6 is 23.2 Å². The molecule has 1 N–H and O–H groups in total. The Labute approximate surface area is 188 Å². The Bertz CT molecular complexity index is 1000. The fourth-order valence-corrected chi connectivity index (χ4v) is 4.55. The van der Waals surface area contributed by atoms with E-state index in [-0.39, 0.29) is 0 Å². The van der Waals surface area contributed by atoms with Crippen LogP contribution in [0.25, 0.3) is 10.9 Å². The van der Waals surface area contributed by atoms with Gasteiger partial charge in [0.15, 0.2) is 0 Å². The molecule has 0 aliphatic carbocycles. The van der Waals surface area contributed by atoms with Crippen LogP contribution in [0.4, 0.5) is 11.4 Å². The van der Waals surface area contributed by atoms with Crippen LogP contribution in [0.5, 0.6) is 0 Å². The van der Waals surface area contributed by atoms with Crippen molar-refractivity contribution in [2.75, 3.05) is 49.5 Å². The molecular weight excluding hydrogens is 417 g/mol. The maximum absolute atomic E-state index is 6.29. The molecule has 3 aromatic rings. The zero-order valence-electron chi connectivity index (χ0n) is 17.2. The number of piperazine rings is 1. The van der Waals surface area contributed by atoms with E-state index in [4.69, 9.17) is 23.2 Å². The van der Waals surface area contributed by atoms with E-state index in [1.54, 1.807) is 0 Å². The standard InChI is InChI=1S/C23H27Cl2N5/c1-2-18-22(7-10-28-23(18)25)30-14-12-29(13-15-30)11-3-8-26-20-6-9-27-21-16-17(24)4-5-19(20)21/h4-7,9-10,16H,2-3,8,11-15H2,1H3,(H,26,27). The lowest BCUT2D eigenvalue weighted by Gasteiger charge is -2.37. The van der Waals surface area contributed by atoms with Gasteiger partial charge in [0.2, 0.25) is 0 Å². The number of anilines is 2. The number of halogens is 2. The Morgan fingerprint density at radius 1 is 1.00 bits per heavy atom. The number of hydrogen-bond donors (Lipinski definition) is 1. The minimum absolute atomic E-state index is 0.634. The molecule has 7 heteroatoms. The van der Waals surface area contributed by atoms with Gasteiger partial charge in [0.05, 0.1) is 5.52 Å². The third-order valence-electron chi connectivity index (χ3n) is 5.72. The molecule has 158 valence electrons. The summed E-state index contributed by atoms with van der Waals surface area (Å²) in [4.78, 5) is 13.6. The lowest BCUT2D eigenvalue weighted by molar-refractivity contribution is 0.257. The lowest BCUT2D eigenvalue weighted by Crippen LogP contribution is -2.47. The average Bonchev–Trinajstić information content (AvgIpc) is 2.77. The number of hydrogen-bond acceptors (Lipinski definition) is 5. The summed E-state index contributed by atoms with van der Waals surface area (Å²) in [5.41, 5.74) is 4.43. The van der Waals surface area contributed by atoms with E-state index in [1.165, 1.54) is 5.69 Å². The maximum atomic E-state index is 6.29. The summed E-state index contributed by atoms with van der Waals surface area (Å²) in [5, 5.41) is 6.02. The summed E-state index contributed by atoms with van der Waals surface area (Å²) in [5.74, 6) is 0. The van der Waals surface area contributed by atoms with Crippen LogP contribution in [-0.2, 0) is 6.42 Å². The fraction of sp³-hybridized carbons (Fsp3) is 0.391. The van der Waals surface area contributed by atoms with Gasteiger partial charge in [-0.1, -0.05) is 30.1 Å². The quantitative estimate of drug-likeness (QED) is 0.405. The highest BCUT2D eigenvalue weighted by Gasteiger charge is 2.19. The first kappa shape index (κ1) is 21.2. The molecule has 0 saturated carbocycles. The summed E-state index contributed by atoms with van der Waals surface area (Å²) in [6.07, 6.45) is 5.64. The maximum Gasteiger partial charge on any atom is 0.134 e. The van der Waals surface area contributed by atoms with Crippen molar-refractivity contribution < 1.29 is 0 Å². The smallest absolute Gasteiger partial charge is 0.134 e. The van der Waals surface area contributed by atoms with Crippen molar-refractivity contribution in [2.24, 2.45) is 0 Å². The van der Waals surface area contributed by atoms with E-state index in [2.05, 4.69) is 38.1 Å². The number of aromatic nitrogens is 2. The molecule has 1 aliphatic heterocycles. The second-order valence-corrected chi connectivity index (χ2v) is 8.38. The summed E-state index contributed by atoms with van der Waals surface area (Å²) >= 11 is 12.4. The molecule has 1 aromatic carbocycles. The van der Waals surface area contributed by atoms with Crippen molar-refractivity contribution in [3.8, 4) is 0 Å². The Kier molecular flexibility index (Phi) is 6.93. The predicted octanol–water partition coefficient (Wildman–Crippen LogP) is 5.12. The van der Waals surface area contributed by atoms with Crippen LogP contribution in [0.2, 0.25) is 10.2 Å².